The highest BCUT2D eigenvalue weighted by molar-refractivity contribution is 7.90. The molecule has 0 amide bonds. The van der Waals surface area contributed by atoms with Gasteiger partial charge >= 0.3 is 6.18 Å². The molecular weight excluding hydrogens is 367 g/mol. The lowest BCUT2D eigenvalue weighted by Crippen LogP contribution is -2.37. The summed E-state index contributed by atoms with van der Waals surface area (Å²) in [6.07, 6.45) is -3.27. The minimum Gasteiger partial charge on any atom is -0.357 e. The van der Waals surface area contributed by atoms with Gasteiger partial charge in [0.2, 0.25) is 0 Å². The first-order chi connectivity index (χ1) is 12.0. The normalized spacial score (nSPS) is 12.9. The van der Waals surface area contributed by atoms with Crippen LogP contribution < -0.4 is 10.6 Å². The van der Waals surface area contributed by atoms with Gasteiger partial charge < -0.3 is 10.6 Å². The lowest BCUT2D eigenvalue weighted by molar-refractivity contribution is -0.135. The number of sulfone groups is 1. The zero-order chi connectivity index (χ0) is 19.8. The van der Waals surface area contributed by atoms with Gasteiger partial charge in [-0.25, -0.2) is 13.4 Å². The number of hydrogen-bond donors (Lipinski definition) is 2. The Hall–Kier alpha value is -1.77. The third-order valence-corrected chi connectivity index (χ3v) is 4.84. The van der Waals surface area contributed by atoms with Gasteiger partial charge in [0, 0.05) is 25.8 Å². The van der Waals surface area contributed by atoms with Crippen molar-refractivity contribution in [3.05, 3.63) is 29.3 Å². The van der Waals surface area contributed by atoms with Gasteiger partial charge in [-0.2, -0.15) is 13.2 Å². The van der Waals surface area contributed by atoms with E-state index in [9.17, 15) is 21.6 Å². The van der Waals surface area contributed by atoms with Gasteiger partial charge in [-0.15, -0.1) is 0 Å². The molecule has 5 nitrogen and oxygen atoms in total. The Kier molecular flexibility index (Phi) is 8.39. The second-order valence-electron chi connectivity index (χ2n) is 6.07. The predicted octanol–water partition coefficient (Wildman–Crippen LogP) is 3.19. The highest BCUT2D eigenvalue weighted by Gasteiger charge is 2.25. The van der Waals surface area contributed by atoms with Crippen molar-refractivity contribution in [2.75, 3.05) is 19.3 Å². The van der Waals surface area contributed by atoms with Gasteiger partial charge in [0.15, 0.2) is 15.8 Å². The smallest absolute Gasteiger partial charge is 0.357 e. The molecule has 1 aromatic carbocycles. The fraction of sp³-hybridized carbons (Fsp3) is 0.588. The second-order valence-corrected chi connectivity index (χ2v) is 8.05. The molecule has 0 saturated carbocycles. The molecule has 0 aliphatic heterocycles. The summed E-state index contributed by atoms with van der Waals surface area (Å²) in [7, 11) is -3.26. The van der Waals surface area contributed by atoms with Crippen LogP contribution in [0, 0.1) is 6.92 Å². The number of guanidine groups is 1. The number of aryl methyl sites for hydroxylation is 1. The van der Waals surface area contributed by atoms with E-state index in [-0.39, 0.29) is 6.42 Å². The Morgan fingerprint density at radius 1 is 1.19 bits per heavy atom. The fourth-order valence-corrected chi connectivity index (χ4v) is 3.35. The van der Waals surface area contributed by atoms with E-state index in [1.165, 1.54) is 6.26 Å². The number of nitrogens with zero attached hydrogens (tertiary/aromatic N) is 1. The Labute approximate surface area is 153 Å². The third kappa shape index (κ3) is 8.55. The number of hydrogen-bond acceptors (Lipinski definition) is 3. The van der Waals surface area contributed by atoms with Crippen LogP contribution in [-0.4, -0.2) is 39.9 Å². The first-order valence-electron chi connectivity index (χ1n) is 8.41. The molecule has 0 atom stereocenters. The van der Waals surface area contributed by atoms with Crippen molar-refractivity contribution >= 4 is 15.8 Å². The molecule has 0 radical (unpaired) electrons. The molecule has 1 rings (SSSR count). The van der Waals surface area contributed by atoms with Crippen molar-refractivity contribution in [2.45, 2.75) is 50.7 Å². The number of rotatable bonds is 8. The molecule has 0 aromatic heterocycles. The average molecular weight is 393 g/mol. The van der Waals surface area contributed by atoms with Crippen molar-refractivity contribution in [1.29, 1.82) is 0 Å². The van der Waals surface area contributed by atoms with Crippen molar-refractivity contribution in [3.63, 3.8) is 0 Å². The molecule has 148 valence electrons. The number of benzene rings is 1. The molecule has 0 aliphatic rings. The molecule has 0 unspecified atom stereocenters. The Bertz CT molecular complexity index is 716. The van der Waals surface area contributed by atoms with Crippen molar-refractivity contribution in [2.24, 2.45) is 4.99 Å². The molecule has 1 aromatic rings. The molecule has 0 aliphatic carbocycles. The zero-order valence-electron chi connectivity index (χ0n) is 15.3. The van der Waals surface area contributed by atoms with Crippen LogP contribution >= 0.6 is 0 Å². The summed E-state index contributed by atoms with van der Waals surface area (Å²) in [5.74, 6) is 0.518. The number of alkyl halides is 3. The van der Waals surface area contributed by atoms with Gasteiger partial charge in [0.1, 0.15) is 0 Å². The Morgan fingerprint density at radius 3 is 2.42 bits per heavy atom. The van der Waals surface area contributed by atoms with Crippen LogP contribution in [0.15, 0.2) is 28.1 Å². The van der Waals surface area contributed by atoms with Crippen LogP contribution in [0.4, 0.5) is 13.2 Å². The van der Waals surface area contributed by atoms with Gasteiger partial charge in [0.05, 0.1) is 11.4 Å². The largest absolute Gasteiger partial charge is 0.389 e. The highest BCUT2D eigenvalue weighted by Crippen LogP contribution is 2.21. The Balaban J connectivity index is 2.62. The lowest BCUT2D eigenvalue weighted by Gasteiger charge is -2.12. The standard InChI is InChI=1S/C17H26F3N3O2S/c1-4-21-16(22-10-6-5-9-17(18,19)20)23-12-14-7-8-15(13(2)11-14)26(3,24)25/h7-8,11H,4-6,9-10,12H2,1-3H3,(H2,21,22,23). The summed E-state index contributed by atoms with van der Waals surface area (Å²) < 4.78 is 59.6. The SMILES string of the molecule is CCNC(=NCc1ccc(S(C)(=O)=O)c(C)c1)NCCCCC(F)(F)F. The predicted molar refractivity (Wildman–Crippen MR) is 97.0 cm³/mol. The molecule has 9 heteroatoms. The number of unbranched alkanes of at least 4 members (excludes halogenated alkanes) is 1. The van der Waals surface area contributed by atoms with E-state index in [4.69, 9.17) is 0 Å². The lowest BCUT2D eigenvalue weighted by atomic mass is 10.1. The molecule has 0 saturated heterocycles. The maximum absolute atomic E-state index is 12.1. The van der Waals surface area contributed by atoms with E-state index < -0.39 is 22.4 Å². The van der Waals surface area contributed by atoms with Gasteiger partial charge in [-0.05, 0) is 43.9 Å². The maximum Gasteiger partial charge on any atom is 0.389 e. The monoisotopic (exact) mass is 393 g/mol. The third-order valence-electron chi connectivity index (χ3n) is 3.58. The van der Waals surface area contributed by atoms with Crippen LogP contribution in [0.25, 0.3) is 0 Å². The van der Waals surface area contributed by atoms with Crippen LogP contribution in [0.3, 0.4) is 0 Å². The van der Waals surface area contributed by atoms with E-state index in [1.54, 1.807) is 25.1 Å². The number of halogens is 3. The summed E-state index contributed by atoms with van der Waals surface area (Å²) in [4.78, 5) is 4.68. The highest BCUT2D eigenvalue weighted by atomic mass is 32.2. The van der Waals surface area contributed by atoms with E-state index in [2.05, 4.69) is 15.6 Å². The summed E-state index contributed by atoms with van der Waals surface area (Å²) in [5.41, 5.74) is 1.51. The quantitative estimate of drug-likeness (QED) is 0.404. The molecule has 2 N–H and O–H groups in total. The van der Waals surface area contributed by atoms with Crippen molar-refractivity contribution in [1.82, 2.24) is 10.6 Å². The minimum atomic E-state index is -4.12. The maximum atomic E-state index is 12.1. The van der Waals surface area contributed by atoms with E-state index >= 15 is 0 Å². The van der Waals surface area contributed by atoms with Gasteiger partial charge in [-0.1, -0.05) is 12.1 Å². The first-order valence-corrected chi connectivity index (χ1v) is 10.3. The summed E-state index contributed by atoms with van der Waals surface area (Å²) >= 11 is 0. The summed E-state index contributed by atoms with van der Waals surface area (Å²) in [6.45, 7) is 4.98. The molecule has 26 heavy (non-hydrogen) atoms. The van der Waals surface area contributed by atoms with Crippen molar-refractivity contribution < 1.29 is 21.6 Å². The summed E-state index contributed by atoms with van der Waals surface area (Å²) in [5, 5.41) is 6.03. The fourth-order valence-electron chi connectivity index (χ4n) is 2.40. The number of nitrogens with one attached hydrogen (secondary N) is 2. The minimum absolute atomic E-state index is 0.0715. The van der Waals surface area contributed by atoms with Gasteiger partial charge in [-0.3, -0.25) is 0 Å². The van der Waals surface area contributed by atoms with E-state index in [0.29, 0.717) is 42.5 Å². The van der Waals surface area contributed by atoms with E-state index in [1.807, 2.05) is 6.92 Å². The van der Waals surface area contributed by atoms with Crippen LogP contribution in [-0.2, 0) is 16.4 Å². The first kappa shape index (κ1) is 22.3. The molecule has 0 heterocycles. The van der Waals surface area contributed by atoms with Crippen LogP contribution in [0.5, 0.6) is 0 Å². The van der Waals surface area contributed by atoms with Crippen molar-refractivity contribution in [3.8, 4) is 0 Å². The summed E-state index contributed by atoms with van der Waals surface area (Å²) in [6, 6.07) is 5.04. The zero-order valence-corrected chi connectivity index (χ0v) is 16.1. The number of aliphatic imine (C=N–C) groups is 1. The molecule has 0 spiro atoms. The van der Waals surface area contributed by atoms with Crippen LogP contribution in [0.2, 0.25) is 0 Å². The second kappa shape index (κ2) is 9.80. The van der Waals surface area contributed by atoms with Gasteiger partial charge in [0.25, 0.3) is 0 Å². The Morgan fingerprint density at radius 2 is 1.88 bits per heavy atom. The molecule has 0 fully saturated rings. The molecular formula is C17H26F3N3O2S. The average Bonchev–Trinajstić information content (AvgIpc) is 2.49. The topological polar surface area (TPSA) is 70.6 Å². The van der Waals surface area contributed by atoms with Crippen LogP contribution in [0.1, 0.15) is 37.3 Å². The van der Waals surface area contributed by atoms with E-state index in [0.717, 1.165) is 5.56 Å². The molecule has 0 bridgehead atoms.